The molecule has 1 N–H and O–H groups in total. The maximum absolute atomic E-state index is 12.4. The Labute approximate surface area is 135 Å². The second-order valence-corrected chi connectivity index (χ2v) is 5.01. The number of nitrogens with one attached hydrogen (secondary N) is 1. The van der Waals surface area contributed by atoms with Gasteiger partial charge in [0.05, 0.1) is 12.2 Å². The van der Waals surface area contributed by atoms with Gasteiger partial charge in [0.1, 0.15) is 5.75 Å². The van der Waals surface area contributed by atoms with Crippen LogP contribution >= 0.6 is 0 Å². The number of hydrogen-bond donors (Lipinski definition) is 1. The highest BCUT2D eigenvalue weighted by Gasteiger charge is 2.12. The molecule has 0 fully saturated rings. The minimum absolute atomic E-state index is 0.0487. The third-order valence-electron chi connectivity index (χ3n) is 3.42. The second-order valence-electron chi connectivity index (χ2n) is 5.01. The van der Waals surface area contributed by atoms with Crippen molar-refractivity contribution in [2.45, 2.75) is 13.8 Å². The molecule has 23 heavy (non-hydrogen) atoms. The molecule has 0 spiro atoms. The summed E-state index contributed by atoms with van der Waals surface area (Å²) >= 11 is 0. The standard InChI is InChI=1S/C18H20N2O3/c1-4-23-17-8-6-5-7-16(17)18(22)19-14-9-11-15(12-10-14)20(3)13(2)21/h5-12H,4H2,1-3H3,(H,19,22). The number of amides is 2. The minimum Gasteiger partial charge on any atom is -0.493 e. The van der Waals surface area contributed by atoms with Gasteiger partial charge in [-0.15, -0.1) is 0 Å². The van der Waals surface area contributed by atoms with E-state index in [-0.39, 0.29) is 11.8 Å². The van der Waals surface area contributed by atoms with Crippen molar-refractivity contribution in [3.05, 3.63) is 54.1 Å². The van der Waals surface area contributed by atoms with E-state index in [1.54, 1.807) is 49.5 Å². The largest absolute Gasteiger partial charge is 0.493 e. The van der Waals surface area contributed by atoms with Gasteiger partial charge < -0.3 is 15.0 Å². The van der Waals surface area contributed by atoms with E-state index in [0.717, 1.165) is 5.69 Å². The maximum Gasteiger partial charge on any atom is 0.259 e. The first-order valence-corrected chi connectivity index (χ1v) is 7.40. The van der Waals surface area contributed by atoms with E-state index in [9.17, 15) is 9.59 Å². The van der Waals surface area contributed by atoms with Crippen LogP contribution in [-0.4, -0.2) is 25.5 Å². The maximum atomic E-state index is 12.4. The SMILES string of the molecule is CCOc1ccccc1C(=O)Nc1ccc(N(C)C(C)=O)cc1. The summed E-state index contributed by atoms with van der Waals surface area (Å²) in [4.78, 5) is 25.3. The van der Waals surface area contributed by atoms with E-state index in [1.807, 2.05) is 13.0 Å². The topological polar surface area (TPSA) is 58.6 Å². The first kappa shape index (κ1) is 16.5. The summed E-state index contributed by atoms with van der Waals surface area (Å²) in [6, 6.07) is 14.2. The first-order valence-electron chi connectivity index (χ1n) is 7.40. The van der Waals surface area contributed by atoms with Crippen molar-refractivity contribution in [3.63, 3.8) is 0 Å². The molecule has 2 rings (SSSR count). The van der Waals surface area contributed by atoms with E-state index < -0.39 is 0 Å². The molecule has 2 aromatic rings. The van der Waals surface area contributed by atoms with Crippen molar-refractivity contribution in [1.29, 1.82) is 0 Å². The van der Waals surface area contributed by atoms with Gasteiger partial charge in [0.25, 0.3) is 5.91 Å². The molecule has 120 valence electrons. The summed E-state index contributed by atoms with van der Waals surface area (Å²) in [5.74, 6) is 0.273. The Morgan fingerprint density at radius 2 is 1.74 bits per heavy atom. The van der Waals surface area contributed by atoms with E-state index in [4.69, 9.17) is 4.74 Å². The Balaban J connectivity index is 2.13. The Bertz CT molecular complexity index is 696. The lowest BCUT2D eigenvalue weighted by Gasteiger charge is -2.15. The van der Waals surface area contributed by atoms with Gasteiger partial charge in [0.15, 0.2) is 0 Å². The highest BCUT2D eigenvalue weighted by Crippen LogP contribution is 2.21. The van der Waals surface area contributed by atoms with Crippen molar-refractivity contribution in [2.75, 3.05) is 23.9 Å². The molecule has 5 nitrogen and oxygen atoms in total. The van der Waals surface area contributed by atoms with Crippen LogP contribution < -0.4 is 15.0 Å². The number of nitrogens with zero attached hydrogens (tertiary/aromatic N) is 1. The molecule has 2 amide bonds. The van der Waals surface area contributed by atoms with E-state index in [1.165, 1.54) is 11.8 Å². The van der Waals surface area contributed by atoms with Crippen molar-refractivity contribution in [3.8, 4) is 5.75 Å². The highest BCUT2D eigenvalue weighted by atomic mass is 16.5. The number of anilines is 2. The molecule has 0 aliphatic rings. The fraction of sp³-hybridized carbons (Fsp3) is 0.222. The number of rotatable bonds is 5. The number of ether oxygens (including phenoxy) is 1. The van der Waals surface area contributed by atoms with Gasteiger partial charge in [-0.05, 0) is 43.3 Å². The molecule has 0 heterocycles. The van der Waals surface area contributed by atoms with Crippen LogP contribution in [0.25, 0.3) is 0 Å². The van der Waals surface area contributed by atoms with Crippen LogP contribution in [0.15, 0.2) is 48.5 Å². The van der Waals surface area contributed by atoms with Crippen molar-refractivity contribution >= 4 is 23.2 Å². The molecule has 0 radical (unpaired) electrons. The fourth-order valence-electron chi connectivity index (χ4n) is 2.08. The van der Waals surface area contributed by atoms with Crippen LogP contribution in [0.3, 0.4) is 0 Å². The molecule has 0 aliphatic carbocycles. The van der Waals surface area contributed by atoms with E-state index >= 15 is 0 Å². The molecule has 0 unspecified atom stereocenters. The van der Waals surface area contributed by atoms with Crippen molar-refractivity contribution in [2.24, 2.45) is 0 Å². The monoisotopic (exact) mass is 312 g/mol. The lowest BCUT2D eigenvalue weighted by atomic mass is 10.1. The third kappa shape index (κ3) is 4.10. The van der Waals surface area contributed by atoms with Crippen LogP contribution in [0.5, 0.6) is 5.75 Å². The molecular weight excluding hydrogens is 292 g/mol. The van der Waals surface area contributed by atoms with Gasteiger partial charge in [-0.3, -0.25) is 9.59 Å². The molecule has 0 aliphatic heterocycles. The number of carbonyl (C=O) groups is 2. The van der Waals surface area contributed by atoms with Crippen molar-refractivity contribution < 1.29 is 14.3 Å². The van der Waals surface area contributed by atoms with Gasteiger partial charge >= 0.3 is 0 Å². The average molecular weight is 312 g/mol. The number of hydrogen-bond acceptors (Lipinski definition) is 3. The molecule has 0 aromatic heterocycles. The van der Waals surface area contributed by atoms with E-state index in [2.05, 4.69) is 5.32 Å². The lowest BCUT2D eigenvalue weighted by Crippen LogP contribution is -2.22. The minimum atomic E-state index is -0.235. The van der Waals surface area contributed by atoms with Crippen LogP contribution in [0, 0.1) is 0 Å². The summed E-state index contributed by atoms with van der Waals surface area (Å²) in [7, 11) is 1.70. The molecule has 0 saturated carbocycles. The van der Waals surface area contributed by atoms with E-state index in [0.29, 0.717) is 23.6 Å². The Kier molecular flexibility index (Phi) is 5.36. The van der Waals surface area contributed by atoms with Gasteiger partial charge in [-0.25, -0.2) is 0 Å². The Hall–Kier alpha value is -2.82. The quantitative estimate of drug-likeness (QED) is 0.921. The zero-order valence-electron chi connectivity index (χ0n) is 13.5. The molecule has 0 atom stereocenters. The van der Waals surface area contributed by atoms with Crippen LogP contribution in [-0.2, 0) is 4.79 Å². The first-order chi connectivity index (χ1) is 11.0. The third-order valence-corrected chi connectivity index (χ3v) is 3.42. The average Bonchev–Trinajstić information content (AvgIpc) is 2.55. The van der Waals surface area contributed by atoms with Gasteiger partial charge in [-0.1, -0.05) is 12.1 Å². The summed E-state index contributed by atoms with van der Waals surface area (Å²) in [6.07, 6.45) is 0. The predicted molar refractivity (Wildman–Crippen MR) is 91.1 cm³/mol. The molecular formula is C18H20N2O3. The molecule has 5 heteroatoms. The Morgan fingerprint density at radius 3 is 2.35 bits per heavy atom. The smallest absolute Gasteiger partial charge is 0.259 e. The summed E-state index contributed by atoms with van der Waals surface area (Å²) in [5.41, 5.74) is 1.91. The van der Waals surface area contributed by atoms with Gasteiger partial charge in [0, 0.05) is 25.3 Å². The number of benzene rings is 2. The van der Waals surface area contributed by atoms with Crippen molar-refractivity contribution in [1.82, 2.24) is 0 Å². The molecule has 0 saturated heterocycles. The van der Waals surface area contributed by atoms with Crippen LogP contribution in [0.1, 0.15) is 24.2 Å². The lowest BCUT2D eigenvalue weighted by molar-refractivity contribution is -0.116. The molecule has 0 bridgehead atoms. The highest BCUT2D eigenvalue weighted by molar-refractivity contribution is 6.06. The zero-order chi connectivity index (χ0) is 16.8. The summed E-state index contributed by atoms with van der Waals surface area (Å²) in [5, 5.41) is 2.83. The normalized spacial score (nSPS) is 10.0. The zero-order valence-corrected chi connectivity index (χ0v) is 13.5. The van der Waals surface area contributed by atoms with Crippen LogP contribution in [0.2, 0.25) is 0 Å². The number of para-hydroxylation sites is 1. The predicted octanol–water partition coefficient (Wildman–Crippen LogP) is 3.32. The van der Waals surface area contributed by atoms with Gasteiger partial charge in [0.2, 0.25) is 5.91 Å². The Morgan fingerprint density at radius 1 is 1.09 bits per heavy atom. The molecule has 2 aromatic carbocycles. The van der Waals surface area contributed by atoms with Crippen LogP contribution in [0.4, 0.5) is 11.4 Å². The van der Waals surface area contributed by atoms with Gasteiger partial charge in [-0.2, -0.15) is 0 Å². The second kappa shape index (κ2) is 7.45. The summed E-state index contributed by atoms with van der Waals surface area (Å²) < 4.78 is 5.47. The number of carbonyl (C=O) groups excluding carboxylic acids is 2. The summed E-state index contributed by atoms with van der Waals surface area (Å²) in [6.45, 7) is 3.87. The fourth-order valence-corrected chi connectivity index (χ4v) is 2.08.